The Morgan fingerprint density at radius 3 is 2.54 bits per heavy atom. The van der Waals surface area contributed by atoms with Gasteiger partial charge in [-0.2, -0.15) is 13.2 Å². The molecule has 1 atom stereocenters. The number of carbonyl (C=O) groups excluding carboxylic acids is 1. The number of alkyl halides is 3. The van der Waals surface area contributed by atoms with Crippen LogP contribution in [0.4, 0.5) is 29.3 Å². The van der Waals surface area contributed by atoms with Gasteiger partial charge in [-0.3, -0.25) is 0 Å². The quantitative estimate of drug-likeness (QED) is 0.882. The van der Waals surface area contributed by atoms with Gasteiger partial charge >= 0.3 is 12.2 Å². The average Bonchev–Trinajstić information content (AvgIpc) is 3.02. The molecule has 0 saturated carbocycles. The number of anilines is 2. The molecule has 0 spiro atoms. The number of rotatable bonds is 4. The van der Waals surface area contributed by atoms with Gasteiger partial charge in [-0.25, -0.2) is 4.79 Å². The van der Waals surface area contributed by atoms with Crippen molar-refractivity contribution in [2.75, 3.05) is 36.9 Å². The lowest BCUT2D eigenvalue weighted by molar-refractivity contribution is -0.205. The monoisotopic (exact) mass is 345 g/mol. The molecule has 134 valence electrons. The minimum Gasteiger partial charge on any atom is -0.382 e. The van der Waals surface area contributed by atoms with Crippen LogP contribution in [-0.2, 0) is 0 Å². The summed E-state index contributed by atoms with van der Waals surface area (Å²) in [7, 11) is 1.21. The number of halogens is 3. The molecule has 1 unspecified atom stereocenters. The number of likely N-dealkylation sites (N-methyl/N-ethyl adjacent to an activating group) is 1. The van der Waals surface area contributed by atoms with Gasteiger partial charge in [0.2, 0.25) is 0 Å². The molecule has 0 bridgehead atoms. The topological polar surface area (TPSA) is 55.8 Å². The second kappa shape index (κ2) is 7.29. The third kappa shape index (κ3) is 4.53. The first-order valence-electron chi connectivity index (χ1n) is 7.81. The maximum absolute atomic E-state index is 12.3. The summed E-state index contributed by atoms with van der Waals surface area (Å²) in [6.07, 6.45) is -5.00. The number of carbonyl (C=O) groups is 1. The van der Waals surface area contributed by atoms with Crippen LogP contribution in [-0.4, -0.2) is 55.0 Å². The van der Waals surface area contributed by atoms with Crippen LogP contribution in [0.1, 0.15) is 18.4 Å². The molecule has 0 aromatic heterocycles. The lowest BCUT2D eigenvalue weighted by atomic mass is 10.1. The van der Waals surface area contributed by atoms with Crippen LogP contribution < -0.4 is 10.2 Å². The Morgan fingerprint density at radius 1 is 1.38 bits per heavy atom. The van der Waals surface area contributed by atoms with Crippen LogP contribution in [0.5, 0.6) is 0 Å². The van der Waals surface area contributed by atoms with Gasteiger partial charge in [0, 0.05) is 31.5 Å². The molecule has 0 radical (unpaired) electrons. The number of aryl methyl sites for hydroxylation is 1. The van der Waals surface area contributed by atoms with Crippen molar-refractivity contribution in [2.45, 2.75) is 32.0 Å². The van der Waals surface area contributed by atoms with Crippen molar-refractivity contribution in [1.82, 2.24) is 4.90 Å². The lowest BCUT2D eigenvalue weighted by Gasteiger charge is -2.24. The van der Waals surface area contributed by atoms with Crippen LogP contribution in [0.25, 0.3) is 0 Å². The first-order chi connectivity index (χ1) is 11.2. The van der Waals surface area contributed by atoms with Crippen LogP contribution in [0.2, 0.25) is 0 Å². The molecule has 1 fully saturated rings. The van der Waals surface area contributed by atoms with Gasteiger partial charge in [-0.1, -0.05) is 0 Å². The van der Waals surface area contributed by atoms with Crippen LogP contribution >= 0.6 is 0 Å². The Bertz CT molecular complexity index is 586. The number of amides is 2. The molecule has 1 saturated heterocycles. The largest absolute Gasteiger partial charge is 0.416 e. The van der Waals surface area contributed by atoms with Gasteiger partial charge in [-0.15, -0.1) is 0 Å². The zero-order valence-electron chi connectivity index (χ0n) is 13.7. The van der Waals surface area contributed by atoms with Crippen molar-refractivity contribution in [3.63, 3.8) is 0 Å². The van der Waals surface area contributed by atoms with Crippen molar-refractivity contribution < 1.29 is 23.1 Å². The van der Waals surface area contributed by atoms with Gasteiger partial charge in [0.05, 0.1) is 6.54 Å². The summed E-state index contributed by atoms with van der Waals surface area (Å²) in [6.45, 7) is 3.02. The number of urea groups is 1. The molecule has 1 heterocycles. The summed E-state index contributed by atoms with van der Waals surface area (Å²) in [5.74, 6) is 0. The summed E-state index contributed by atoms with van der Waals surface area (Å²) < 4.78 is 37.0. The summed E-state index contributed by atoms with van der Waals surface area (Å²) >= 11 is 0. The number of nitrogens with zero attached hydrogens (tertiary/aromatic N) is 2. The molecule has 1 aliphatic rings. The fourth-order valence-electron chi connectivity index (χ4n) is 2.62. The maximum atomic E-state index is 12.3. The standard InChI is InChI=1S/C16H22F3N3O2/c1-11-9-12(22-7-3-4-8-22)5-6-13(11)20-15(24)21(2)10-14(23)16(17,18)19/h5-6,9,14,23H,3-4,7-8,10H2,1-2H3,(H,20,24). The first kappa shape index (κ1) is 18.4. The second-order valence-corrected chi connectivity index (χ2v) is 6.06. The molecule has 0 aliphatic carbocycles. The van der Waals surface area contributed by atoms with E-state index in [0.29, 0.717) is 5.69 Å². The van der Waals surface area contributed by atoms with E-state index in [9.17, 15) is 18.0 Å². The van der Waals surface area contributed by atoms with Crippen molar-refractivity contribution in [3.8, 4) is 0 Å². The smallest absolute Gasteiger partial charge is 0.382 e. The third-order valence-electron chi connectivity index (χ3n) is 4.09. The summed E-state index contributed by atoms with van der Waals surface area (Å²) in [5, 5.41) is 11.6. The van der Waals surface area contributed by atoms with E-state index >= 15 is 0 Å². The van der Waals surface area contributed by atoms with Gasteiger partial charge in [-0.05, 0) is 43.5 Å². The predicted molar refractivity (Wildman–Crippen MR) is 86.3 cm³/mol. The van der Waals surface area contributed by atoms with Gasteiger partial charge in [0.1, 0.15) is 0 Å². The van der Waals surface area contributed by atoms with Crippen LogP contribution in [0.15, 0.2) is 18.2 Å². The molecule has 24 heavy (non-hydrogen) atoms. The van der Waals surface area contributed by atoms with Gasteiger partial charge in [0.15, 0.2) is 6.10 Å². The van der Waals surface area contributed by atoms with E-state index in [-0.39, 0.29) is 0 Å². The Balaban J connectivity index is 1.98. The molecular formula is C16H22F3N3O2. The SMILES string of the molecule is Cc1cc(N2CCCC2)ccc1NC(=O)N(C)CC(O)C(F)(F)F. The van der Waals surface area contributed by atoms with E-state index in [1.165, 1.54) is 7.05 Å². The summed E-state index contributed by atoms with van der Waals surface area (Å²) in [4.78, 5) is 15.1. The molecule has 8 heteroatoms. The van der Waals surface area contributed by atoms with Gasteiger partial charge < -0.3 is 20.2 Å². The van der Waals surface area contributed by atoms with E-state index in [4.69, 9.17) is 5.11 Å². The molecular weight excluding hydrogens is 323 g/mol. The van der Waals surface area contributed by atoms with Gasteiger partial charge in [0.25, 0.3) is 0 Å². The third-order valence-corrected chi connectivity index (χ3v) is 4.09. The summed E-state index contributed by atoms with van der Waals surface area (Å²) in [5.41, 5.74) is 2.44. The highest BCUT2D eigenvalue weighted by Gasteiger charge is 2.39. The molecule has 1 aliphatic heterocycles. The lowest BCUT2D eigenvalue weighted by Crippen LogP contribution is -2.43. The van der Waals surface area contributed by atoms with E-state index in [2.05, 4.69) is 10.2 Å². The number of hydrogen-bond donors (Lipinski definition) is 2. The zero-order valence-corrected chi connectivity index (χ0v) is 13.7. The van der Waals surface area contributed by atoms with Crippen molar-refractivity contribution in [2.24, 2.45) is 0 Å². The summed E-state index contributed by atoms with van der Waals surface area (Å²) in [6, 6.07) is 4.88. The molecule has 2 N–H and O–H groups in total. The Kier molecular flexibility index (Phi) is 5.58. The molecule has 5 nitrogen and oxygen atoms in total. The number of hydrogen-bond acceptors (Lipinski definition) is 3. The minimum atomic E-state index is -4.75. The van der Waals surface area contributed by atoms with E-state index in [0.717, 1.165) is 42.1 Å². The molecule has 1 aromatic rings. The van der Waals surface area contributed by atoms with E-state index in [1.807, 2.05) is 19.1 Å². The molecule has 2 rings (SSSR count). The molecule has 1 aromatic carbocycles. The normalized spacial score (nSPS) is 16.2. The first-order valence-corrected chi connectivity index (χ1v) is 7.81. The number of aliphatic hydroxyl groups excluding tert-OH is 1. The predicted octanol–water partition coefficient (Wildman–Crippen LogP) is 2.98. The fourth-order valence-corrected chi connectivity index (χ4v) is 2.62. The molecule has 2 amide bonds. The number of nitrogens with one attached hydrogen (secondary N) is 1. The fraction of sp³-hybridized carbons (Fsp3) is 0.562. The zero-order chi connectivity index (χ0) is 17.9. The minimum absolute atomic E-state index is 0.538. The highest BCUT2D eigenvalue weighted by atomic mass is 19.4. The van der Waals surface area contributed by atoms with Crippen molar-refractivity contribution in [1.29, 1.82) is 0 Å². The average molecular weight is 345 g/mol. The maximum Gasteiger partial charge on any atom is 0.416 e. The Morgan fingerprint density at radius 2 is 2.00 bits per heavy atom. The highest BCUT2D eigenvalue weighted by molar-refractivity contribution is 5.90. The van der Waals surface area contributed by atoms with Crippen LogP contribution in [0, 0.1) is 6.92 Å². The number of benzene rings is 1. The van der Waals surface area contributed by atoms with Crippen LogP contribution in [0.3, 0.4) is 0 Å². The Hall–Kier alpha value is -1.96. The number of aliphatic hydroxyl groups is 1. The van der Waals surface area contributed by atoms with Crippen molar-refractivity contribution >= 4 is 17.4 Å². The van der Waals surface area contributed by atoms with E-state index < -0.39 is 24.9 Å². The highest BCUT2D eigenvalue weighted by Crippen LogP contribution is 2.26. The van der Waals surface area contributed by atoms with Crippen molar-refractivity contribution in [3.05, 3.63) is 23.8 Å². The second-order valence-electron chi connectivity index (χ2n) is 6.06. The Labute approximate surface area is 139 Å². The van der Waals surface area contributed by atoms with E-state index in [1.54, 1.807) is 6.07 Å².